The van der Waals surface area contributed by atoms with Gasteiger partial charge in [0.15, 0.2) is 0 Å². The van der Waals surface area contributed by atoms with E-state index in [0.29, 0.717) is 13.1 Å². The second kappa shape index (κ2) is 5.79. The monoisotopic (exact) mass is 301 g/mol. The van der Waals surface area contributed by atoms with Crippen molar-refractivity contribution in [1.29, 1.82) is 0 Å². The average molecular weight is 301 g/mol. The molecule has 0 aliphatic carbocycles. The topological polar surface area (TPSA) is 88.9 Å². The fraction of sp³-hybridized carbons (Fsp3) is 0.833. The molecule has 8 heteroatoms. The Hall–Kier alpha value is -0.990. The summed E-state index contributed by atoms with van der Waals surface area (Å²) < 4.78 is 27.3. The van der Waals surface area contributed by atoms with Gasteiger partial charge >= 0.3 is 0 Å². The van der Waals surface area contributed by atoms with Gasteiger partial charge in [-0.1, -0.05) is 0 Å². The zero-order valence-corrected chi connectivity index (χ0v) is 13.1. The van der Waals surface area contributed by atoms with Gasteiger partial charge in [-0.05, 0) is 26.7 Å². The summed E-state index contributed by atoms with van der Waals surface area (Å²) in [4.78, 5) is 0. The number of sulfonamides is 1. The van der Waals surface area contributed by atoms with Gasteiger partial charge in [0, 0.05) is 25.0 Å². The summed E-state index contributed by atoms with van der Waals surface area (Å²) in [6, 6.07) is 0. The number of nitrogens with zero attached hydrogens (tertiary/aromatic N) is 3. The van der Waals surface area contributed by atoms with Crippen molar-refractivity contribution < 1.29 is 8.42 Å². The molecule has 1 aliphatic heterocycles. The van der Waals surface area contributed by atoms with Crippen LogP contribution in [0.5, 0.6) is 0 Å². The van der Waals surface area contributed by atoms with Gasteiger partial charge in [-0.25, -0.2) is 13.1 Å². The maximum Gasteiger partial charge on any atom is 0.209 e. The Labute approximate surface area is 120 Å². The number of aromatic nitrogens is 3. The van der Waals surface area contributed by atoms with Crippen molar-refractivity contribution in [1.82, 2.24) is 24.8 Å². The lowest BCUT2D eigenvalue weighted by molar-refractivity contribution is 0.412. The van der Waals surface area contributed by atoms with Crippen LogP contribution < -0.4 is 10.0 Å². The molecule has 0 spiro atoms. The molecule has 1 aliphatic rings. The van der Waals surface area contributed by atoms with Gasteiger partial charge in [0.2, 0.25) is 10.0 Å². The van der Waals surface area contributed by atoms with Crippen LogP contribution in [0.3, 0.4) is 0 Å². The van der Waals surface area contributed by atoms with E-state index < -0.39 is 15.6 Å². The van der Waals surface area contributed by atoms with E-state index in [-0.39, 0.29) is 0 Å². The van der Waals surface area contributed by atoms with E-state index in [0.717, 1.165) is 24.6 Å². The molecule has 0 bridgehead atoms. The molecule has 0 saturated carbocycles. The Bertz CT molecular complexity index is 564. The molecule has 0 radical (unpaired) electrons. The van der Waals surface area contributed by atoms with Crippen LogP contribution in [0, 0.1) is 0 Å². The van der Waals surface area contributed by atoms with Gasteiger partial charge in [-0.15, -0.1) is 10.2 Å². The highest BCUT2D eigenvalue weighted by atomic mass is 32.2. The minimum atomic E-state index is -3.20. The minimum Gasteiger partial charge on any atom is -0.314 e. The van der Waals surface area contributed by atoms with E-state index in [9.17, 15) is 8.42 Å². The maximum atomic E-state index is 11.3. The Morgan fingerprint density at radius 2 is 2.05 bits per heavy atom. The Morgan fingerprint density at radius 1 is 1.30 bits per heavy atom. The van der Waals surface area contributed by atoms with Crippen LogP contribution in [0.15, 0.2) is 0 Å². The molecule has 2 N–H and O–H groups in total. The summed E-state index contributed by atoms with van der Waals surface area (Å²) in [5, 5.41) is 11.6. The van der Waals surface area contributed by atoms with E-state index in [1.807, 2.05) is 13.8 Å². The predicted molar refractivity (Wildman–Crippen MR) is 76.7 cm³/mol. The summed E-state index contributed by atoms with van der Waals surface area (Å²) in [6.07, 6.45) is 4.51. The molecule has 7 nitrogen and oxygen atoms in total. The Kier molecular flexibility index (Phi) is 4.46. The zero-order valence-electron chi connectivity index (χ0n) is 12.3. The zero-order chi connectivity index (χ0) is 14.8. The van der Waals surface area contributed by atoms with Gasteiger partial charge in [0.1, 0.15) is 11.6 Å². The molecule has 1 aromatic heterocycles. The lowest BCUT2D eigenvalue weighted by Gasteiger charge is -2.25. The van der Waals surface area contributed by atoms with Crippen molar-refractivity contribution in [3.8, 4) is 0 Å². The van der Waals surface area contributed by atoms with Crippen LogP contribution in [-0.2, 0) is 29.5 Å². The van der Waals surface area contributed by atoms with Gasteiger partial charge in [0.25, 0.3) is 0 Å². The highest BCUT2D eigenvalue weighted by Crippen LogP contribution is 2.14. The van der Waals surface area contributed by atoms with Crippen LogP contribution >= 0.6 is 0 Å². The van der Waals surface area contributed by atoms with E-state index in [1.54, 1.807) is 0 Å². The highest BCUT2D eigenvalue weighted by molar-refractivity contribution is 7.88. The molecule has 0 amide bonds. The van der Waals surface area contributed by atoms with E-state index in [2.05, 4.69) is 24.8 Å². The van der Waals surface area contributed by atoms with Gasteiger partial charge in [-0.3, -0.25) is 0 Å². The first kappa shape index (κ1) is 15.4. The Balaban J connectivity index is 1.88. The smallest absolute Gasteiger partial charge is 0.209 e. The summed E-state index contributed by atoms with van der Waals surface area (Å²) in [7, 11) is -3.20. The molecule has 0 saturated heterocycles. The second-order valence-electron chi connectivity index (χ2n) is 6.00. The first-order chi connectivity index (χ1) is 9.27. The third-order valence-corrected chi connectivity index (χ3v) is 4.17. The van der Waals surface area contributed by atoms with Gasteiger partial charge < -0.3 is 9.88 Å². The van der Waals surface area contributed by atoms with E-state index in [1.165, 1.54) is 19.1 Å². The SMILES string of the molecule is CC(C)(CNCc1nnc2n1CCCC2)NS(C)(=O)=O. The molecule has 0 atom stereocenters. The van der Waals surface area contributed by atoms with Crippen LogP contribution in [-0.4, -0.2) is 41.5 Å². The third-order valence-electron chi connectivity index (χ3n) is 3.25. The fourth-order valence-corrected chi connectivity index (χ4v) is 3.60. The standard InChI is InChI=1S/C12H23N5O2S/c1-12(2,16-20(3,18)19)9-13-8-11-15-14-10-6-4-5-7-17(10)11/h13,16H,4-9H2,1-3H3. The number of fused-ring (bicyclic) bond motifs is 1. The first-order valence-electron chi connectivity index (χ1n) is 6.87. The predicted octanol–water partition coefficient (Wildman–Crippen LogP) is 0.0318. The average Bonchev–Trinajstić information content (AvgIpc) is 2.69. The van der Waals surface area contributed by atoms with Gasteiger partial charge in [-0.2, -0.15) is 0 Å². The molecule has 2 rings (SSSR count). The van der Waals surface area contributed by atoms with Gasteiger partial charge in [0.05, 0.1) is 12.8 Å². The van der Waals surface area contributed by atoms with Crippen molar-refractivity contribution in [3.63, 3.8) is 0 Å². The van der Waals surface area contributed by atoms with Crippen molar-refractivity contribution in [2.75, 3.05) is 12.8 Å². The molecular weight excluding hydrogens is 278 g/mol. The van der Waals surface area contributed by atoms with E-state index >= 15 is 0 Å². The molecule has 114 valence electrons. The first-order valence-corrected chi connectivity index (χ1v) is 8.77. The number of hydrogen-bond donors (Lipinski definition) is 2. The molecular formula is C12H23N5O2S. The van der Waals surface area contributed by atoms with Crippen molar-refractivity contribution in [3.05, 3.63) is 11.6 Å². The summed E-state index contributed by atoms with van der Waals surface area (Å²) >= 11 is 0. The summed E-state index contributed by atoms with van der Waals surface area (Å²) in [5.74, 6) is 1.98. The van der Waals surface area contributed by atoms with Crippen molar-refractivity contribution >= 4 is 10.0 Å². The molecule has 0 unspecified atom stereocenters. The second-order valence-corrected chi connectivity index (χ2v) is 7.75. The normalized spacial score (nSPS) is 16.1. The van der Waals surface area contributed by atoms with Crippen LogP contribution in [0.1, 0.15) is 38.3 Å². The minimum absolute atomic E-state index is 0.529. The van der Waals surface area contributed by atoms with Crippen LogP contribution in [0.4, 0.5) is 0 Å². The highest BCUT2D eigenvalue weighted by Gasteiger charge is 2.22. The summed E-state index contributed by atoms with van der Waals surface area (Å²) in [6.45, 7) is 5.80. The largest absolute Gasteiger partial charge is 0.314 e. The lowest BCUT2D eigenvalue weighted by atomic mass is 10.1. The van der Waals surface area contributed by atoms with E-state index in [4.69, 9.17) is 0 Å². The number of rotatable bonds is 6. The van der Waals surface area contributed by atoms with Crippen LogP contribution in [0.25, 0.3) is 0 Å². The third kappa shape index (κ3) is 4.26. The fourth-order valence-electron chi connectivity index (χ4n) is 2.52. The molecule has 1 aromatic rings. The quantitative estimate of drug-likeness (QED) is 0.774. The van der Waals surface area contributed by atoms with Crippen LogP contribution in [0.2, 0.25) is 0 Å². The molecule has 0 fully saturated rings. The summed E-state index contributed by atoms with van der Waals surface area (Å²) in [5.41, 5.74) is -0.529. The maximum absolute atomic E-state index is 11.3. The molecule has 20 heavy (non-hydrogen) atoms. The van der Waals surface area contributed by atoms with Crippen molar-refractivity contribution in [2.45, 2.75) is 51.7 Å². The number of nitrogens with one attached hydrogen (secondary N) is 2. The molecule has 0 aromatic carbocycles. The van der Waals surface area contributed by atoms with Crippen molar-refractivity contribution in [2.24, 2.45) is 0 Å². The Morgan fingerprint density at radius 3 is 2.75 bits per heavy atom. The molecule has 2 heterocycles. The number of aryl methyl sites for hydroxylation is 1. The lowest BCUT2D eigenvalue weighted by Crippen LogP contribution is -2.49. The number of hydrogen-bond acceptors (Lipinski definition) is 5.